The minimum Gasteiger partial charge on any atom is -0.468 e. The first-order chi connectivity index (χ1) is 8.61. The summed E-state index contributed by atoms with van der Waals surface area (Å²) in [5.41, 5.74) is 0.980. The summed E-state index contributed by atoms with van der Waals surface area (Å²) in [5, 5.41) is 7.87. The number of nitrogens with one attached hydrogen (secondary N) is 2. The standard InChI is InChI=1S/C12H16N2O3S/c1-7-3-4-18-10(7)11(15)14-8-5-9(13-6-8)12(16)17-2/h3-4,8-9,13H,5-6H2,1-2H3,(H,14,15)/t8-,9-/m1/s1. The SMILES string of the molecule is COC(=O)[C@H]1C[C@@H](NC(=O)c2sccc2C)CN1. The van der Waals surface area contributed by atoms with Gasteiger partial charge in [0.2, 0.25) is 0 Å². The van der Waals surface area contributed by atoms with Crippen LogP contribution >= 0.6 is 11.3 Å². The Labute approximate surface area is 110 Å². The van der Waals surface area contributed by atoms with Crippen LogP contribution in [0.1, 0.15) is 21.7 Å². The summed E-state index contributed by atoms with van der Waals surface area (Å²) < 4.78 is 4.67. The van der Waals surface area contributed by atoms with Crippen LogP contribution in [0.2, 0.25) is 0 Å². The number of hydrogen-bond acceptors (Lipinski definition) is 5. The van der Waals surface area contributed by atoms with Gasteiger partial charge in [-0.05, 0) is 30.4 Å². The van der Waals surface area contributed by atoms with Gasteiger partial charge in [0.25, 0.3) is 5.91 Å². The van der Waals surface area contributed by atoms with Crippen LogP contribution in [-0.2, 0) is 9.53 Å². The zero-order valence-electron chi connectivity index (χ0n) is 10.4. The molecular formula is C12H16N2O3S. The van der Waals surface area contributed by atoms with Crippen LogP contribution in [-0.4, -0.2) is 37.6 Å². The molecule has 0 bridgehead atoms. The number of aryl methyl sites for hydroxylation is 1. The molecule has 2 rings (SSSR count). The second kappa shape index (κ2) is 5.49. The first-order valence-electron chi connectivity index (χ1n) is 5.78. The van der Waals surface area contributed by atoms with Gasteiger partial charge >= 0.3 is 5.97 Å². The molecule has 5 nitrogen and oxygen atoms in total. The topological polar surface area (TPSA) is 67.4 Å². The third-order valence-corrected chi connectivity index (χ3v) is 4.04. The van der Waals surface area contributed by atoms with Crippen molar-refractivity contribution < 1.29 is 14.3 Å². The van der Waals surface area contributed by atoms with E-state index in [0.29, 0.717) is 13.0 Å². The molecular weight excluding hydrogens is 252 g/mol. The molecule has 2 heterocycles. The average Bonchev–Trinajstić information content (AvgIpc) is 2.97. The molecule has 2 N–H and O–H groups in total. The summed E-state index contributed by atoms with van der Waals surface area (Å²) in [5.74, 6) is -0.348. The number of carbonyl (C=O) groups is 2. The third-order valence-electron chi connectivity index (χ3n) is 3.02. The van der Waals surface area contributed by atoms with Crippen molar-refractivity contribution in [2.24, 2.45) is 0 Å². The van der Waals surface area contributed by atoms with Crippen molar-refractivity contribution >= 4 is 23.2 Å². The zero-order chi connectivity index (χ0) is 13.1. The van der Waals surface area contributed by atoms with Gasteiger partial charge in [0.15, 0.2) is 0 Å². The molecule has 18 heavy (non-hydrogen) atoms. The molecule has 0 aliphatic carbocycles. The van der Waals surface area contributed by atoms with Gasteiger partial charge in [0.1, 0.15) is 6.04 Å². The van der Waals surface area contributed by atoms with Crippen molar-refractivity contribution in [3.05, 3.63) is 21.9 Å². The molecule has 1 aliphatic heterocycles. The van der Waals surface area contributed by atoms with Gasteiger partial charge in [-0.25, -0.2) is 0 Å². The Bertz CT molecular complexity index is 458. The molecule has 0 unspecified atom stereocenters. The molecule has 1 saturated heterocycles. The number of carbonyl (C=O) groups excluding carboxylic acids is 2. The van der Waals surface area contributed by atoms with Gasteiger partial charge in [-0.1, -0.05) is 0 Å². The largest absolute Gasteiger partial charge is 0.468 e. The highest BCUT2D eigenvalue weighted by atomic mass is 32.1. The summed E-state index contributed by atoms with van der Waals surface area (Å²) in [6.45, 7) is 2.51. The van der Waals surface area contributed by atoms with Crippen LogP contribution < -0.4 is 10.6 Å². The number of ether oxygens (including phenoxy) is 1. The van der Waals surface area contributed by atoms with E-state index in [-0.39, 0.29) is 24.0 Å². The number of methoxy groups -OCH3 is 1. The molecule has 98 valence electrons. The maximum atomic E-state index is 12.0. The number of rotatable bonds is 3. The Morgan fingerprint density at radius 2 is 2.33 bits per heavy atom. The monoisotopic (exact) mass is 268 g/mol. The lowest BCUT2D eigenvalue weighted by atomic mass is 10.1. The fourth-order valence-electron chi connectivity index (χ4n) is 2.02. The first-order valence-corrected chi connectivity index (χ1v) is 6.66. The van der Waals surface area contributed by atoms with E-state index in [2.05, 4.69) is 15.4 Å². The van der Waals surface area contributed by atoms with E-state index in [0.717, 1.165) is 10.4 Å². The van der Waals surface area contributed by atoms with Crippen LogP contribution in [0, 0.1) is 6.92 Å². The van der Waals surface area contributed by atoms with Gasteiger partial charge < -0.3 is 15.4 Å². The smallest absolute Gasteiger partial charge is 0.322 e. The minimum atomic E-state index is -0.315. The molecule has 2 atom stereocenters. The van der Waals surface area contributed by atoms with Gasteiger partial charge in [0.05, 0.1) is 12.0 Å². The summed E-state index contributed by atoms with van der Waals surface area (Å²) in [6.07, 6.45) is 0.572. The molecule has 1 fully saturated rings. The van der Waals surface area contributed by atoms with Crippen molar-refractivity contribution in [2.75, 3.05) is 13.7 Å². The van der Waals surface area contributed by atoms with Crippen LogP contribution in [0.3, 0.4) is 0 Å². The molecule has 0 aromatic carbocycles. The lowest BCUT2D eigenvalue weighted by Gasteiger charge is -2.11. The maximum Gasteiger partial charge on any atom is 0.322 e. The van der Waals surface area contributed by atoms with Crippen molar-refractivity contribution in [1.82, 2.24) is 10.6 Å². The van der Waals surface area contributed by atoms with Crippen LogP contribution in [0.15, 0.2) is 11.4 Å². The molecule has 1 aromatic heterocycles. The summed E-state index contributed by atoms with van der Waals surface area (Å²) in [6, 6.07) is 1.58. The fourth-order valence-corrected chi connectivity index (χ4v) is 2.85. The number of esters is 1. The van der Waals surface area contributed by atoms with Crippen LogP contribution in [0.5, 0.6) is 0 Å². The van der Waals surface area contributed by atoms with E-state index < -0.39 is 0 Å². The summed E-state index contributed by atoms with van der Waals surface area (Å²) >= 11 is 1.43. The van der Waals surface area contributed by atoms with E-state index >= 15 is 0 Å². The second-order valence-corrected chi connectivity index (χ2v) is 5.24. The van der Waals surface area contributed by atoms with E-state index in [1.165, 1.54) is 18.4 Å². The van der Waals surface area contributed by atoms with Gasteiger partial charge in [0, 0.05) is 12.6 Å². The molecule has 0 radical (unpaired) electrons. The van der Waals surface area contributed by atoms with Crippen LogP contribution in [0.4, 0.5) is 0 Å². The summed E-state index contributed by atoms with van der Waals surface area (Å²) in [4.78, 5) is 24.0. The Balaban J connectivity index is 1.90. The molecule has 1 aliphatic rings. The molecule has 1 amide bonds. The number of hydrogen-bond donors (Lipinski definition) is 2. The highest BCUT2D eigenvalue weighted by Crippen LogP contribution is 2.16. The van der Waals surface area contributed by atoms with Gasteiger partial charge in [-0.2, -0.15) is 0 Å². The molecule has 1 aromatic rings. The van der Waals surface area contributed by atoms with Crippen molar-refractivity contribution in [3.8, 4) is 0 Å². The fraction of sp³-hybridized carbons (Fsp3) is 0.500. The normalized spacial score (nSPS) is 22.8. The summed E-state index contributed by atoms with van der Waals surface area (Å²) in [7, 11) is 1.37. The Hall–Kier alpha value is -1.40. The van der Waals surface area contributed by atoms with Crippen molar-refractivity contribution in [3.63, 3.8) is 0 Å². The average molecular weight is 268 g/mol. The van der Waals surface area contributed by atoms with E-state index in [9.17, 15) is 9.59 Å². The Morgan fingerprint density at radius 1 is 1.56 bits per heavy atom. The van der Waals surface area contributed by atoms with Crippen LogP contribution in [0.25, 0.3) is 0 Å². The molecule has 0 saturated carbocycles. The predicted octanol–water partition coefficient (Wildman–Crippen LogP) is 0.690. The Morgan fingerprint density at radius 3 is 2.94 bits per heavy atom. The van der Waals surface area contributed by atoms with E-state index in [4.69, 9.17) is 0 Å². The lowest BCUT2D eigenvalue weighted by Crippen LogP contribution is -2.36. The maximum absolute atomic E-state index is 12.0. The van der Waals surface area contributed by atoms with Gasteiger partial charge in [-0.15, -0.1) is 11.3 Å². The second-order valence-electron chi connectivity index (χ2n) is 4.32. The number of thiophene rings is 1. The lowest BCUT2D eigenvalue weighted by molar-refractivity contribution is -0.142. The zero-order valence-corrected chi connectivity index (χ0v) is 11.2. The van der Waals surface area contributed by atoms with Crippen molar-refractivity contribution in [1.29, 1.82) is 0 Å². The van der Waals surface area contributed by atoms with E-state index in [1.807, 2.05) is 18.4 Å². The predicted molar refractivity (Wildman–Crippen MR) is 68.7 cm³/mol. The van der Waals surface area contributed by atoms with Gasteiger partial charge in [-0.3, -0.25) is 9.59 Å². The quantitative estimate of drug-likeness (QED) is 0.792. The van der Waals surface area contributed by atoms with Crippen molar-refractivity contribution in [2.45, 2.75) is 25.4 Å². The third kappa shape index (κ3) is 2.70. The minimum absolute atomic E-state index is 0.0249. The molecule has 0 spiro atoms. The number of amides is 1. The highest BCUT2D eigenvalue weighted by molar-refractivity contribution is 7.12. The highest BCUT2D eigenvalue weighted by Gasteiger charge is 2.31. The molecule has 6 heteroatoms. The van der Waals surface area contributed by atoms with E-state index in [1.54, 1.807) is 0 Å². The first kappa shape index (κ1) is 13.0. The Kier molecular flexibility index (Phi) is 3.98.